The molecule has 8 nitrogen and oxygen atoms in total. The molecule has 0 bridgehead atoms. The van der Waals surface area contributed by atoms with Crippen molar-refractivity contribution in [1.29, 1.82) is 0 Å². The smallest absolute Gasteiger partial charge is 0.338 e. The molecule has 166 valence electrons. The standard InChI is InChI=1S/C24H23NO7/c1-28-20-13-16(14-21(29-2)23(20)30-3)24(27)31-15-22(26)25-17-9-11-19(12-10-17)32-18-7-5-4-6-8-18/h4-14H,15H2,1-3H3,(H,25,26). The predicted octanol–water partition coefficient (Wildman–Crippen LogP) is 4.30. The maximum Gasteiger partial charge on any atom is 0.338 e. The second kappa shape index (κ2) is 10.7. The van der Waals surface area contributed by atoms with Crippen molar-refractivity contribution in [3.8, 4) is 28.7 Å². The van der Waals surface area contributed by atoms with E-state index < -0.39 is 18.5 Å². The van der Waals surface area contributed by atoms with Gasteiger partial charge in [0.25, 0.3) is 5.91 Å². The molecule has 8 heteroatoms. The Morgan fingerprint density at radius 2 is 1.38 bits per heavy atom. The van der Waals surface area contributed by atoms with Gasteiger partial charge in [0.2, 0.25) is 5.75 Å². The van der Waals surface area contributed by atoms with Crippen molar-refractivity contribution in [1.82, 2.24) is 0 Å². The van der Waals surface area contributed by atoms with Crippen molar-refractivity contribution >= 4 is 17.6 Å². The lowest BCUT2D eigenvalue weighted by atomic mass is 10.2. The average molecular weight is 437 g/mol. The average Bonchev–Trinajstić information content (AvgIpc) is 2.83. The molecule has 1 N–H and O–H groups in total. The molecule has 32 heavy (non-hydrogen) atoms. The molecule has 0 atom stereocenters. The number of anilines is 1. The van der Waals surface area contributed by atoms with E-state index >= 15 is 0 Å². The zero-order chi connectivity index (χ0) is 22.9. The van der Waals surface area contributed by atoms with Crippen molar-refractivity contribution < 1.29 is 33.3 Å². The Labute approximate surface area is 185 Å². The SMILES string of the molecule is COc1cc(C(=O)OCC(=O)Nc2ccc(Oc3ccccc3)cc2)cc(OC)c1OC. The van der Waals surface area contributed by atoms with Gasteiger partial charge in [0, 0.05) is 5.69 Å². The van der Waals surface area contributed by atoms with Crippen molar-refractivity contribution in [2.45, 2.75) is 0 Å². The molecule has 3 rings (SSSR count). The van der Waals surface area contributed by atoms with Gasteiger partial charge in [-0.3, -0.25) is 4.79 Å². The number of hydrogen-bond acceptors (Lipinski definition) is 7. The maximum atomic E-state index is 12.4. The highest BCUT2D eigenvalue weighted by Gasteiger charge is 2.18. The van der Waals surface area contributed by atoms with Crippen LogP contribution in [0.4, 0.5) is 5.69 Å². The Morgan fingerprint density at radius 1 is 0.781 bits per heavy atom. The summed E-state index contributed by atoms with van der Waals surface area (Å²) in [4.78, 5) is 24.6. The quantitative estimate of drug-likeness (QED) is 0.499. The summed E-state index contributed by atoms with van der Waals surface area (Å²) in [6.07, 6.45) is 0. The molecule has 3 aromatic rings. The highest BCUT2D eigenvalue weighted by atomic mass is 16.5. The first kappa shape index (κ1) is 22.5. The van der Waals surface area contributed by atoms with Crippen molar-refractivity contribution in [3.63, 3.8) is 0 Å². The third-order valence-corrected chi connectivity index (χ3v) is 4.35. The molecule has 0 spiro atoms. The summed E-state index contributed by atoms with van der Waals surface area (Å²) < 4.78 is 26.5. The summed E-state index contributed by atoms with van der Waals surface area (Å²) in [5.41, 5.74) is 0.703. The molecule has 0 aliphatic carbocycles. The number of carbonyl (C=O) groups excluding carboxylic acids is 2. The number of hydrogen-bond donors (Lipinski definition) is 1. The first-order chi connectivity index (χ1) is 15.5. The molecule has 0 fully saturated rings. The topological polar surface area (TPSA) is 92.3 Å². The fourth-order valence-electron chi connectivity index (χ4n) is 2.84. The van der Waals surface area contributed by atoms with Gasteiger partial charge in [0.1, 0.15) is 11.5 Å². The maximum absolute atomic E-state index is 12.4. The minimum Gasteiger partial charge on any atom is -0.493 e. The first-order valence-corrected chi connectivity index (χ1v) is 9.64. The Kier molecular flexibility index (Phi) is 7.53. The summed E-state index contributed by atoms with van der Waals surface area (Å²) in [5, 5.41) is 2.66. The van der Waals surface area contributed by atoms with Crippen molar-refractivity contribution in [2.75, 3.05) is 33.3 Å². The largest absolute Gasteiger partial charge is 0.493 e. The highest BCUT2D eigenvalue weighted by molar-refractivity contribution is 5.96. The monoisotopic (exact) mass is 437 g/mol. The van der Waals surface area contributed by atoms with Gasteiger partial charge in [0.05, 0.1) is 26.9 Å². The minimum absolute atomic E-state index is 0.162. The summed E-state index contributed by atoms with van der Waals surface area (Å²) in [7, 11) is 4.34. The number of methoxy groups -OCH3 is 3. The first-order valence-electron chi connectivity index (χ1n) is 9.64. The molecule has 0 aliphatic heterocycles. The van der Waals surface area contributed by atoms with Gasteiger partial charge >= 0.3 is 5.97 Å². The van der Waals surface area contributed by atoms with E-state index in [1.807, 2.05) is 30.3 Å². The van der Waals surface area contributed by atoms with Crippen LogP contribution >= 0.6 is 0 Å². The Bertz CT molecular complexity index is 1040. The zero-order valence-corrected chi connectivity index (χ0v) is 17.9. The van der Waals surface area contributed by atoms with Crippen LogP contribution in [0.25, 0.3) is 0 Å². The molecule has 0 heterocycles. The number of amides is 1. The second-order valence-electron chi connectivity index (χ2n) is 6.48. The van der Waals surface area contributed by atoms with Gasteiger partial charge in [-0.15, -0.1) is 0 Å². The molecule has 0 unspecified atom stereocenters. The van der Waals surface area contributed by atoms with Crippen LogP contribution in [-0.4, -0.2) is 39.8 Å². The van der Waals surface area contributed by atoms with Crippen LogP contribution in [0.3, 0.4) is 0 Å². The number of ether oxygens (including phenoxy) is 5. The molecular formula is C24H23NO7. The van der Waals surface area contributed by atoms with Gasteiger partial charge in [-0.1, -0.05) is 18.2 Å². The molecule has 0 saturated heterocycles. The zero-order valence-electron chi connectivity index (χ0n) is 17.9. The minimum atomic E-state index is -0.703. The van der Waals surface area contributed by atoms with Crippen LogP contribution in [0.15, 0.2) is 66.7 Å². The number of carbonyl (C=O) groups is 2. The van der Waals surface area contributed by atoms with Crippen LogP contribution in [0.1, 0.15) is 10.4 Å². The van der Waals surface area contributed by atoms with Gasteiger partial charge in [-0.05, 0) is 48.5 Å². The lowest BCUT2D eigenvalue weighted by molar-refractivity contribution is -0.119. The van der Waals surface area contributed by atoms with E-state index in [-0.39, 0.29) is 5.56 Å². The second-order valence-corrected chi connectivity index (χ2v) is 6.48. The third-order valence-electron chi connectivity index (χ3n) is 4.35. The lowest BCUT2D eigenvalue weighted by Crippen LogP contribution is -2.21. The summed E-state index contributed by atoms with van der Waals surface area (Å²) in [6.45, 7) is -0.461. The fraction of sp³-hybridized carbons (Fsp3) is 0.167. The van der Waals surface area contributed by atoms with Gasteiger partial charge in [0.15, 0.2) is 18.1 Å². The van der Waals surface area contributed by atoms with E-state index in [0.29, 0.717) is 34.4 Å². The molecular weight excluding hydrogens is 414 g/mol. The van der Waals surface area contributed by atoms with Crippen molar-refractivity contribution in [2.24, 2.45) is 0 Å². The number of esters is 1. The molecule has 0 radical (unpaired) electrons. The summed E-state index contributed by atoms with van der Waals surface area (Å²) in [6, 6.07) is 19.1. The Balaban J connectivity index is 1.56. The Hall–Kier alpha value is -4.20. The van der Waals surface area contributed by atoms with Crippen LogP contribution < -0.4 is 24.3 Å². The summed E-state index contributed by atoms with van der Waals surface area (Å²) >= 11 is 0. The third kappa shape index (κ3) is 5.69. The molecule has 1 amide bonds. The van der Waals surface area contributed by atoms with Crippen LogP contribution in [0.2, 0.25) is 0 Å². The van der Waals surface area contributed by atoms with Gasteiger partial charge < -0.3 is 29.0 Å². The van der Waals surface area contributed by atoms with Gasteiger partial charge in [-0.2, -0.15) is 0 Å². The van der Waals surface area contributed by atoms with E-state index in [2.05, 4.69) is 5.32 Å². The van der Waals surface area contributed by atoms with Crippen molar-refractivity contribution in [3.05, 3.63) is 72.3 Å². The van der Waals surface area contributed by atoms with E-state index in [1.54, 1.807) is 24.3 Å². The summed E-state index contributed by atoms with van der Waals surface area (Å²) in [5.74, 6) is 1.12. The molecule has 0 aromatic heterocycles. The molecule has 3 aromatic carbocycles. The van der Waals surface area contributed by atoms with Crippen LogP contribution in [-0.2, 0) is 9.53 Å². The van der Waals surface area contributed by atoms with E-state index in [9.17, 15) is 9.59 Å². The van der Waals surface area contributed by atoms with E-state index in [4.69, 9.17) is 23.7 Å². The fourth-order valence-corrected chi connectivity index (χ4v) is 2.84. The Morgan fingerprint density at radius 3 is 1.94 bits per heavy atom. The highest BCUT2D eigenvalue weighted by Crippen LogP contribution is 2.38. The number of para-hydroxylation sites is 1. The number of rotatable bonds is 9. The predicted molar refractivity (Wildman–Crippen MR) is 118 cm³/mol. The van der Waals surface area contributed by atoms with Crippen LogP contribution in [0.5, 0.6) is 28.7 Å². The normalized spacial score (nSPS) is 10.1. The van der Waals surface area contributed by atoms with Gasteiger partial charge in [-0.25, -0.2) is 4.79 Å². The van der Waals surface area contributed by atoms with E-state index in [1.165, 1.54) is 33.5 Å². The molecule has 0 saturated carbocycles. The number of nitrogens with one attached hydrogen (secondary N) is 1. The van der Waals surface area contributed by atoms with Crippen LogP contribution in [0, 0.1) is 0 Å². The van der Waals surface area contributed by atoms with E-state index in [0.717, 1.165) is 0 Å². The molecule has 0 aliphatic rings. The lowest BCUT2D eigenvalue weighted by Gasteiger charge is -2.13. The number of benzene rings is 3.